The van der Waals surface area contributed by atoms with E-state index in [-0.39, 0.29) is 34.5 Å². The van der Waals surface area contributed by atoms with E-state index in [2.05, 4.69) is 6.58 Å². The first-order chi connectivity index (χ1) is 17.8. The summed E-state index contributed by atoms with van der Waals surface area (Å²) in [4.78, 5) is 25.7. The molecule has 1 aliphatic heterocycles. The van der Waals surface area contributed by atoms with Gasteiger partial charge in [0.1, 0.15) is 23.3 Å². The second kappa shape index (κ2) is 9.39. The van der Waals surface area contributed by atoms with E-state index in [0.29, 0.717) is 29.2 Å². The van der Waals surface area contributed by atoms with Gasteiger partial charge < -0.3 is 28.8 Å². The summed E-state index contributed by atoms with van der Waals surface area (Å²) in [7, 11) is 1.50. The van der Waals surface area contributed by atoms with E-state index in [9.17, 15) is 19.8 Å². The summed E-state index contributed by atoms with van der Waals surface area (Å²) in [6.45, 7) is 5.98. The van der Waals surface area contributed by atoms with Gasteiger partial charge in [0.25, 0.3) is 0 Å². The zero-order chi connectivity index (χ0) is 26.3. The van der Waals surface area contributed by atoms with Crippen molar-refractivity contribution >= 4 is 16.9 Å². The summed E-state index contributed by atoms with van der Waals surface area (Å²) in [6, 6.07) is 15.4. The standard InChI is InChI=1S/C29H24O8/c1-15(2)14-35-20-10-9-17(11-22(20)34-3)18-12-23(31)37-29-24(18)28-25(26(32)27(29)33)19(30)13-21(36-28)16-7-5-4-6-8-16/h4-11,13,18,32-33H,1,12,14H2,2-3H3. The molecule has 0 aliphatic carbocycles. The maximum absolute atomic E-state index is 13.1. The molecule has 8 nitrogen and oxygen atoms in total. The summed E-state index contributed by atoms with van der Waals surface area (Å²) in [5.74, 6) is -1.77. The smallest absolute Gasteiger partial charge is 0.312 e. The first-order valence-corrected chi connectivity index (χ1v) is 11.5. The number of fused-ring (bicyclic) bond motifs is 3. The molecular weight excluding hydrogens is 476 g/mol. The van der Waals surface area contributed by atoms with Gasteiger partial charge in [-0.3, -0.25) is 9.59 Å². The lowest BCUT2D eigenvalue weighted by Crippen LogP contribution is -2.22. The molecule has 0 saturated carbocycles. The fourth-order valence-corrected chi connectivity index (χ4v) is 4.46. The number of methoxy groups -OCH3 is 1. The van der Waals surface area contributed by atoms with Crippen molar-refractivity contribution in [2.75, 3.05) is 13.7 Å². The summed E-state index contributed by atoms with van der Waals surface area (Å²) >= 11 is 0. The van der Waals surface area contributed by atoms with Crippen LogP contribution in [-0.4, -0.2) is 29.9 Å². The van der Waals surface area contributed by atoms with E-state index in [1.54, 1.807) is 42.5 Å². The second-order valence-electron chi connectivity index (χ2n) is 8.87. The number of hydrogen-bond acceptors (Lipinski definition) is 8. The number of phenols is 2. The van der Waals surface area contributed by atoms with Gasteiger partial charge in [0, 0.05) is 17.5 Å². The van der Waals surface area contributed by atoms with Gasteiger partial charge in [-0.1, -0.05) is 43.0 Å². The molecule has 1 aromatic heterocycles. The third-order valence-electron chi connectivity index (χ3n) is 6.17. The molecule has 37 heavy (non-hydrogen) atoms. The maximum atomic E-state index is 13.1. The van der Waals surface area contributed by atoms with Gasteiger partial charge in [-0.15, -0.1) is 0 Å². The molecule has 1 atom stereocenters. The number of ether oxygens (including phenoxy) is 3. The largest absolute Gasteiger partial charge is 0.504 e. The molecule has 0 saturated heterocycles. The number of carbonyl (C=O) groups excluding carboxylic acids is 1. The Morgan fingerprint density at radius 1 is 1.05 bits per heavy atom. The van der Waals surface area contributed by atoms with Crippen molar-refractivity contribution < 1.29 is 33.6 Å². The lowest BCUT2D eigenvalue weighted by Gasteiger charge is -2.27. The second-order valence-corrected chi connectivity index (χ2v) is 8.87. The van der Waals surface area contributed by atoms with Crippen LogP contribution in [0.3, 0.4) is 0 Å². The average Bonchev–Trinajstić information content (AvgIpc) is 2.90. The molecule has 1 aliphatic rings. The van der Waals surface area contributed by atoms with Crippen molar-refractivity contribution in [3.05, 3.63) is 88.1 Å². The van der Waals surface area contributed by atoms with E-state index in [4.69, 9.17) is 18.6 Å². The molecule has 8 heteroatoms. The average molecular weight is 501 g/mol. The number of carbonyl (C=O) groups is 1. The highest BCUT2D eigenvalue weighted by Crippen LogP contribution is 2.52. The van der Waals surface area contributed by atoms with E-state index >= 15 is 0 Å². The predicted molar refractivity (Wildman–Crippen MR) is 137 cm³/mol. The SMILES string of the molecule is C=C(C)COc1ccc(C2CC(=O)Oc3c(O)c(O)c4c(=O)cc(-c5ccccc5)oc4c32)cc1OC. The minimum atomic E-state index is -0.711. The van der Waals surface area contributed by atoms with Crippen molar-refractivity contribution in [3.8, 4) is 40.1 Å². The number of hydrogen-bond donors (Lipinski definition) is 2. The predicted octanol–water partition coefficient (Wildman–Crippen LogP) is 5.28. The van der Waals surface area contributed by atoms with E-state index in [1.165, 1.54) is 13.2 Å². The zero-order valence-electron chi connectivity index (χ0n) is 20.2. The Balaban J connectivity index is 1.75. The zero-order valence-corrected chi connectivity index (χ0v) is 20.2. The molecule has 4 aromatic rings. The van der Waals surface area contributed by atoms with Gasteiger partial charge in [-0.25, -0.2) is 0 Å². The lowest BCUT2D eigenvalue weighted by molar-refractivity contribution is -0.135. The molecule has 0 amide bonds. The van der Waals surface area contributed by atoms with Gasteiger partial charge in [-0.05, 0) is 30.2 Å². The summed E-state index contributed by atoms with van der Waals surface area (Å²) in [6.07, 6.45) is -0.0965. The Bertz CT molecular complexity index is 1600. The number of rotatable bonds is 6. The molecule has 0 spiro atoms. The quantitative estimate of drug-likeness (QED) is 0.159. The Labute approximate surface area is 212 Å². The van der Waals surface area contributed by atoms with E-state index < -0.39 is 28.8 Å². The van der Waals surface area contributed by atoms with Crippen LogP contribution in [0.25, 0.3) is 22.3 Å². The van der Waals surface area contributed by atoms with Crippen molar-refractivity contribution in [3.63, 3.8) is 0 Å². The van der Waals surface area contributed by atoms with Gasteiger partial charge in [0.15, 0.2) is 28.4 Å². The van der Waals surface area contributed by atoms with Crippen molar-refractivity contribution in [1.82, 2.24) is 0 Å². The minimum absolute atomic E-state index is 0.0238. The highest BCUT2D eigenvalue weighted by molar-refractivity contribution is 5.96. The summed E-state index contributed by atoms with van der Waals surface area (Å²) in [5.41, 5.74) is 1.87. The van der Waals surface area contributed by atoms with Crippen LogP contribution < -0.4 is 19.6 Å². The van der Waals surface area contributed by atoms with Gasteiger partial charge in [0.05, 0.1) is 19.1 Å². The third kappa shape index (κ3) is 4.27. The Hall–Kier alpha value is -4.72. The van der Waals surface area contributed by atoms with Crippen LogP contribution in [0.15, 0.2) is 76.0 Å². The van der Waals surface area contributed by atoms with Crippen LogP contribution in [0.4, 0.5) is 0 Å². The number of phenolic OH excluding ortho intramolecular Hbond substituents is 2. The first-order valence-electron chi connectivity index (χ1n) is 11.5. The molecule has 0 fully saturated rings. The fourth-order valence-electron chi connectivity index (χ4n) is 4.46. The highest BCUT2D eigenvalue weighted by Gasteiger charge is 2.37. The van der Waals surface area contributed by atoms with Crippen LogP contribution >= 0.6 is 0 Å². The monoisotopic (exact) mass is 500 g/mol. The number of benzene rings is 3. The molecule has 5 rings (SSSR count). The number of esters is 1. The molecular formula is C29H24O8. The molecule has 3 aromatic carbocycles. The molecule has 188 valence electrons. The van der Waals surface area contributed by atoms with Crippen LogP contribution in [0.1, 0.15) is 30.4 Å². The first kappa shape index (κ1) is 24.0. The van der Waals surface area contributed by atoms with Crippen LogP contribution in [0.5, 0.6) is 28.7 Å². The van der Waals surface area contributed by atoms with Crippen LogP contribution in [-0.2, 0) is 4.79 Å². The van der Waals surface area contributed by atoms with Crippen molar-refractivity contribution in [1.29, 1.82) is 0 Å². The third-order valence-corrected chi connectivity index (χ3v) is 6.17. The lowest BCUT2D eigenvalue weighted by atomic mass is 9.84. The topological polar surface area (TPSA) is 115 Å². The van der Waals surface area contributed by atoms with E-state index in [1.807, 2.05) is 13.0 Å². The Morgan fingerprint density at radius 2 is 1.81 bits per heavy atom. The number of aromatic hydroxyl groups is 2. The van der Waals surface area contributed by atoms with Gasteiger partial charge in [0.2, 0.25) is 5.75 Å². The van der Waals surface area contributed by atoms with Crippen molar-refractivity contribution in [2.24, 2.45) is 0 Å². The highest BCUT2D eigenvalue weighted by atomic mass is 16.5. The van der Waals surface area contributed by atoms with Crippen molar-refractivity contribution in [2.45, 2.75) is 19.3 Å². The molecule has 0 bridgehead atoms. The van der Waals surface area contributed by atoms with E-state index in [0.717, 1.165) is 5.57 Å². The molecule has 2 N–H and O–H groups in total. The minimum Gasteiger partial charge on any atom is -0.504 e. The maximum Gasteiger partial charge on any atom is 0.312 e. The summed E-state index contributed by atoms with van der Waals surface area (Å²) in [5, 5.41) is 21.2. The van der Waals surface area contributed by atoms with Gasteiger partial charge >= 0.3 is 5.97 Å². The Kier molecular flexibility index (Phi) is 6.09. The Morgan fingerprint density at radius 3 is 2.51 bits per heavy atom. The fraction of sp³-hybridized carbons (Fsp3) is 0.172. The molecule has 2 heterocycles. The normalized spacial score (nSPS) is 14.6. The van der Waals surface area contributed by atoms with Crippen LogP contribution in [0.2, 0.25) is 0 Å². The molecule has 0 radical (unpaired) electrons. The van der Waals surface area contributed by atoms with Crippen LogP contribution in [0, 0.1) is 0 Å². The molecule has 1 unspecified atom stereocenters. The summed E-state index contributed by atoms with van der Waals surface area (Å²) < 4.78 is 22.8. The van der Waals surface area contributed by atoms with Gasteiger partial charge in [-0.2, -0.15) is 0 Å².